The predicted octanol–water partition coefficient (Wildman–Crippen LogP) is 2.40. The Morgan fingerprint density at radius 3 is 2.44 bits per heavy atom. The largest absolute Gasteiger partial charge is 0.356 e. The van der Waals surface area contributed by atoms with Gasteiger partial charge in [0, 0.05) is 18.3 Å². The van der Waals surface area contributed by atoms with Crippen molar-refractivity contribution in [3.63, 3.8) is 0 Å². The molecule has 0 saturated heterocycles. The summed E-state index contributed by atoms with van der Waals surface area (Å²) in [6.45, 7) is 8.41. The average molecular weight is 293 g/mol. The second kappa shape index (κ2) is 11.4. The maximum Gasteiger partial charge on any atom is 0.219 e. The van der Waals surface area contributed by atoms with Gasteiger partial charge >= 0.3 is 0 Å². The van der Waals surface area contributed by atoms with Crippen molar-refractivity contribution in [1.29, 1.82) is 0 Å². The second-order valence-electron chi connectivity index (χ2n) is 3.88. The Bertz CT molecular complexity index is 172. The van der Waals surface area contributed by atoms with E-state index >= 15 is 0 Å². The van der Waals surface area contributed by atoms with Gasteiger partial charge in [0.1, 0.15) is 0 Å². The molecular weight excluding hydrogens is 268 g/mol. The van der Waals surface area contributed by atoms with Crippen LogP contribution in [0.3, 0.4) is 0 Å². The molecule has 4 heteroatoms. The predicted molar refractivity (Wildman–Crippen MR) is 73.1 cm³/mol. The van der Waals surface area contributed by atoms with E-state index in [-0.39, 0.29) is 5.91 Å². The summed E-state index contributed by atoms with van der Waals surface area (Å²) in [7, 11) is 0. The fourth-order valence-electron chi connectivity index (χ4n) is 1.54. The average Bonchev–Trinajstić information content (AvgIpc) is 2.30. The van der Waals surface area contributed by atoms with Crippen molar-refractivity contribution in [3.05, 3.63) is 0 Å². The van der Waals surface area contributed by atoms with Crippen molar-refractivity contribution >= 4 is 21.8 Å². The third kappa shape index (κ3) is 9.16. The highest BCUT2D eigenvalue weighted by Gasteiger charge is 2.01. The number of amides is 1. The molecule has 1 amide bonds. The van der Waals surface area contributed by atoms with Crippen molar-refractivity contribution in [1.82, 2.24) is 10.2 Å². The lowest BCUT2D eigenvalue weighted by atomic mass is 10.2. The van der Waals surface area contributed by atoms with Crippen LogP contribution in [0, 0.1) is 0 Å². The molecule has 0 aromatic carbocycles. The third-order valence-corrected chi connectivity index (χ3v) is 3.22. The first-order valence-electron chi connectivity index (χ1n) is 6.29. The molecular formula is C12H25BrN2O. The van der Waals surface area contributed by atoms with Crippen LogP contribution in [0.15, 0.2) is 0 Å². The first-order valence-corrected chi connectivity index (χ1v) is 7.41. The zero-order chi connectivity index (χ0) is 12.2. The molecule has 0 aromatic heterocycles. The molecule has 0 aromatic rings. The summed E-state index contributed by atoms with van der Waals surface area (Å²) in [5.41, 5.74) is 0. The molecule has 96 valence electrons. The van der Waals surface area contributed by atoms with Gasteiger partial charge in [-0.3, -0.25) is 4.79 Å². The van der Waals surface area contributed by atoms with Gasteiger partial charge in [0.05, 0.1) is 0 Å². The fraction of sp³-hybridized carbons (Fsp3) is 0.917. The number of rotatable bonds is 10. The highest BCUT2D eigenvalue weighted by molar-refractivity contribution is 9.09. The van der Waals surface area contributed by atoms with Gasteiger partial charge in [0.15, 0.2) is 0 Å². The van der Waals surface area contributed by atoms with Gasteiger partial charge in [-0.1, -0.05) is 29.8 Å². The van der Waals surface area contributed by atoms with Crippen LogP contribution in [0.5, 0.6) is 0 Å². The number of unbranched alkanes of at least 4 members (excludes halogenated alkanes) is 1. The second-order valence-corrected chi connectivity index (χ2v) is 4.67. The van der Waals surface area contributed by atoms with Crippen molar-refractivity contribution in [2.24, 2.45) is 0 Å². The fourth-order valence-corrected chi connectivity index (χ4v) is 1.94. The lowest BCUT2D eigenvalue weighted by Gasteiger charge is -2.17. The number of alkyl halides is 1. The van der Waals surface area contributed by atoms with Gasteiger partial charge in [-0.25, -0.2) is 0 Å². The van der Waals surface area contributed by atoms with E-state index in [2.05, 4.69) is 40.0 Å². The van der Waals surface area contributed by atoms with E-state index < -0.39 is 0 Å². The maximum absolute atomic E-state index is 11.4. The van der Waals surface area contributed by atoms with Crippen LogP contribution in [0.1, 0.15) is 39.5 Å². The Morgan fingerprint density at radius 2 is 1.88 bits per heavy atom. The van der Waals surface area contributed by atoms with E-state index in [4.69, 9.17) is 0 Å². The Balaban J connectivity index is 3.33. The summed E-state index contributed by atoms with van der Waals surface area (Å²) in [5.74, 6) is 0.195. The molecule has 0 radical (unpaired) electrons. The van der Waals surface area contributed by atoms with Gasteiger partial charge in [0.25, 0.3) is 0 Å². The molecule has 0 unspecified atom stereocenters. The Kier molecular flexibility index (Phi) is 11.3. The number of carbonyl (C=O) groups is 1. The van der Waals surface area contributed by atoms with Crippen LogP contribution < -0.4 is 5.32 Å². The van der Waals surface area contributed by atoms with Crippen LogP contribution >= 0.6 is 15.9 Å². The quantitative estimate of drug-likeness (QED) is 0.495. The minimum atomic E-state index is 0.195. The monoisotopic (exact) mass is 292 g/mol. The molecule has 0 saturated carbocycles. The molecule has 0 aliphatic heterocycles. The van der Waals surface area contributed by atoms with Crippen LogP contribution in [0.25, 0.3) is 0 Å². The molecule has 0 atom stereocenters. The lowest BCUT2D eigenvalue weighted by Crippen LogP contribution is -2.29. The van der Waals surface area contributed by atoms with E-state index in [0.29, 0.717) is 6.42 Å². The standard InChI is InChI=1S/C12H25BrN2O/c1-3-15(4-2)11-7-10-14-12(16)8-5-6-9-13/h3-11H2,1-2H3,(H,14,16). The Labute approximate surface area is 108 Å². The van der Waals surface area contributed by atoms with Crippen LogP contribution in [-0.2, 0) is 4.79 Å². The molecule has 16 heavy (non-hydrogen) atoms. The van der Waals surface area contributed by atoms with E-state index in [1.165, 1.54) is 0 Å². The molecule has 0 spiro atoms. The number of hydrogen-bond acceptors (Lipinski definition) is 2. The van der Waals surface area contributed by atoms with E-state index in [9.17, 15) is 4.79 Å². The van der Waals surface area contributed by atoms with Crippen LogP contribution in [0.4, 0.5) is 0 Å². The molecule has 3 nitrogen and oxygen atoms in total. The van der Waals surface area contributed by atoms with E-state index in [0.717, 1.165) is 50.8 Å². The Hall–Kier alpha value is -0.0900. The smallest absolute Gasteiger partial charge is 0.219 e. The molecule has 0 bridgehead atoms. The van der Waals surface area contributed by atoms with Crippen LogP contribution in [0.2, 0.25) is 0 Å². The molecule has 0 heterocycles. The van der Waals surface area contributed by atoms with E-state index in [1.807, 2.05) is 0 Å². The summed E-state index contributed by atoms with van der Waals surface area (Å²) in [6.07, 6.45) is 3.77. The zero-order valence-corrected chi connectivity index (χ0v) is 12.2. The van der Waals surface area contributed by atoms with Gasteiger partial charge in [-0.05, 0) is 38.9 Å². The Morgan fingerprint density at radius 1 is 1.19 bits per heavy atom. The lowest BCUT2D eigenvalue weighted by molar-refractivity contribution is -0.121. The van der Waals surface area contributed by atoms with Gasteiger partial charge in [0.2, 0.25) is 5.91 Å². The third-order valence-electron chi connectivity index (χ3n) is 2.66. The highest BCUT2D eigenvalue weighted by atomic mass is 79.9. The number of carbonyl (C=O) groups excluding carboxylic acids is 1. The number of nitrogens with one attached hydrogen (secondary N) is 1. The highest BCUT2D eigenvalue weighted by Crippen LogP contribution is 1.98. The topological polar surface area (TPSA) is 32.3 Å². The first-order chi connectivity index (χ1) is 7.74. The summed E-state index contributed by atoms with van der Waals surface area (Å²) in [5, 5.41) is 3.95. The van der Waals surface area contributed by atoms with E-state index in [1.54, 1.807) is 0 Å². The summed E-state index contributed by atoms with van der Waals surface area (Å²) in [6, 6.07) is 0. The minimum absolute atomic E-state index is 0.195. The van der Waals surface area contributed by atoms with Gasteiger partial charge in [-0.2, -0.15) is 0 Å². The molecule has 0 fully saturated rings. The normalized spacial score (nSPS) is 10.8. The van der Waals surface area contributed by atoms with Crippen molar-refractivity contribution in [2.45, 2.75) is 39.5 Å². The van der Waals surface area contributed by atoms with Gasteiger partial charge in [-0.15, -0.1) is 0 Å². The van der Waals surface area contributed by atoms with Gasteiger partial charge < -0.3 is 10.2 Å². The molecule has 0 aliphatic carbocycles. The molecule has 1 N–H and O–H groups in total. The van der Waals surface area contributed by atoms with Crippen LogP contribution in [-0.4, -0.2) is 42.3 Å². The SMILES string of the molecule is CCN(CC)CCCNC(=O)CCCCBr. The zero-order valence-electron chi connectivity index (χ0n) is 10.6. The summed E-state index contributed by atoms with van der Waals surface area (Å²) in [4.78, 5) is 13.7. The summed E-state index contributed by atoms with van der Waals surface area (Å²) >= 11 is 3.36. The summed E-state index contributed by atoms with van der Waals surface area (Å²) < 4.78 is 0. The minimum Gasteiger partial charge on any atom is -0.356 e. The number of hydrogen-bond donors (Lipinski definition) is 1. The van der Waals surface area contributed by atoms with Crippen molar-refractivity contribution in [3.8, 4) is 0 Å². The van der Waals surface area contributed by atoms with Crippen molar-refractivity contribution in [2.75, 3.05) is 31.5 Å². The molecule has 0 aliphatic rings. The number of halogens is 1. The first kappa shape index (κ1) is 15.9. The van der Waals surface area contributed by atoms with Crippen molar-refractivity contribution < 1.29 is 4.79 Å². The molecule has 0 rings (SSSR count). The number of nitrogens with zero attached hydrogens (tertiary/aromatic N) is 1. The maximum atomic E-state index is 11.4.